The lowest BCUT2D eigenvalue weighted by molar-refractivity contribution is -0.384. The van der Waals surface area contributed by atoms with E-state index < -0.39 is 4.92 Å². The standard InChI is InChI=1S/C24H30N4O4/c1-2-32-23(29)21-13-16-27(17-14-21)24(25-15-12-19-6-4-3-5-7-19)26-18-20-8-10-22(11-9-20)28(30)31/h3-11,21H,2,12-18H2,1H3,(H,25,26). The minimum absolute atomic E-state index is 0.0635. The van der Waals surface area contributed by atoms with E-state index in [9.17, 15) is 14.9 Å². The van der Waals surface area contributed by atoms with Crippen LogP contribution in [0.15, 0.2) is 59.6 Å². The lowest BCUT2D eigenvalue weighted by Crippen LogP contribution is -2.47. The summed E-state index contributed by atoms with van der Waals surface area (Å²) in [6.45, 7) is 4.83. The number of rotatable bonds is 8. The summed E-state index contributed by atoms with van der Waals surface area (Å²) in [7, 11) is 0. The van der Waals surface area contributed by atoms with Crippen LogP contribution in [-0.4, -0.2) is 48.0 Å². The van der Waals surface area contributed by atoms with Gasteiger partial charge >= 0.3 is 5.97 Å². The van der Waals surface area contributed by atoms with Crippen molar-refractivity contribution < 1.29 is 14.5 Å². The molecule has 0 aliphatic carbocycles. The molecular formula is C24H30N4O4. The van der Waals surface area contributed by atoms with Gasteiger partial charge in [0.15, 0.2) is 5.96 Å². The van der Waals surface area contributed by atoms with E-state index in [0.717, 1.165) is 50.4 Å². The Bertz CT molecular complexity index is 907. The van der Waals surface area contributed by atoms with Crippen molar-refractivity contribution in [2.75, 3.05) is 26.2 Å². The molecule has 0 saturated carbocycles. The maximum atomic E-state index is 12.1. The van der Waals surface area contributed by atoms with Gasteiger partial charge in [-0.15, -0.1) is 0 Å². The van der Waals surface area contributed by atoms with E-state index in [-0.39, 0.29) is 17.6 Å². The van der Waals surface area contributed by atoms with Gasteiger partial charge in [-0.1, -0.05) is 42.5 Å². The number of hydrogen-bond donors (Lipinski definition) is 1. The van der Waals surface area contributed by atoms with Gasteiger partial charge in [0.25, 0.3) is 5.69 Å². The van der Waals surface area contributed by atoms with Crippen molar-refractivity contribution in [2.45, 2.75) is 32.7 Å². The first-order chi connectivity index (χ1) is 15.6. The molecule has 0 unspecified atom stereocenters. The number of aliphatic imine (C=N–C) groups is 1. The second-order valence-electron chi connectivity index (χ2n) is 7.74. The number of hydrogen-bond acceptors (Lipinski definition) is 5. The van der Waals surface area contributed by atoms with E-state index in [1.807, 2.05) is 25.1 Å². The molecule has 0 aromatic heterocycles. The number of nitro benzene ring substituents is 1. The molecule has 1 heterocycles. The molecular weight excluding hydrogens is 408 g/mol. The summed E-state index contributed by atoms with van der Waals surface area (Å²) in [6.07, 6.45) is 2.34. The molecule has 0 bridgehead atoms. The van der Waals surface area contributed by atoms with Crippen LogP contribution in [0.2, 0.25) is 0 Å². The molecule has 1 saturated heterocycles. The van der Waals surface area contributed by atoms with Crippen LogP contribution in [0, 0.1) is 16.0 Å². The Morgan fingerprint density at radius 3 is 2.44 bits per heavy atom. The molecule has 3 rings (SSSR count). The second kappa shape index (κ2) is 11.8. The Morgan fingerprint density at radius 1 is 1.12 bits per heavy atom. The summed E-state index contributed by atoms with van der Waals surface area (Å²) in [5.74, 6) is 0.613. The van der Waals surface area contributed by atoms with Crippen molar-refractivity contribution in [3.63, 3.8) is 0 Å². The monoisotopic (exact) mass is 438 g/mol. The van der Waals surface area contributed by atoms with Gasteiger partial charge in [-0.25, -0.2) is 4.99 Å². The molecule has 0 atom stereocenters. The highest BCUT2D eigenvalue weighted by Gasteiger charge is 2.27. The number of esters is 1. The van der Waals surface area contributed by atoms with E-state index in [2.05, 4.69) is 22.3 Å². The first-order valence-electron chi connectivity index (χ1n) is 11.0. The van der Waals surface area contributed by atoms with Crippen molar-refractivity contribution in [1.29, 1.82) is 0 Å². The number of nitro groups is 1. The van der Waals surface area contributed by atoms with Crippen LogP contribution in [0.1, 0.15) is 30.9 Å². The molecule has 1 aliphatic rings. The highest BCUT2D eigenvalue weighted by Crippen LogP contribution is 2.19. The molecule has 2 aromatic carbocycles. The Balaban J connectivity index is 1.64. The fraction of sp³-hybridized carbons (Fsp3) is 0.417. The van der Waals surface area contributed by atoms with Gasteiger partial charge in [0.2, 0.25) is 0 Å². The van der Waals surface area contributed by atoms with Crippen LogP contribution < -0.4 is 5.32 Å². The van der Waals surface area contributed by atoms with Crippen LogP contribution in [0.3, 0.4) is 0 Å². The van der Waals surface area contributed by atoms with E-state index in [4.69, 9.17) is 9.73 Å². The zero-order chi connectivity index (χ0) is 22.8. The van der Waals surface area contributed by atoms with Gasteiger partial charge in [-0.2, -0.15) is 0 Å². The Kier molecular flexibility index (Phi) is 8.60. The molecule has 1 aliphatic heterocycles. The predicted octanol–water partition coefficient (Wildman–Crippen LogP) is 3.56. The first-order valence-corrected chi connectivity index (χ1v) is 11.0. The number of guanidine groups is 1. The van der Waals surface area contributed by atoms with E-state index >= 15 is 0 Å². The lowest BCUT2D eigenvalue weighted by atomic mass is 9.97. The van der Waals surface area contributed by atoms with Crippen LogP contribution in [0.25, 0.3) is 0 Å². The summed E-state index contributed by atoms with van der Waals surface area (Å²) in [4.78, 5) is 29.5. The Morgan fingerprint density at radius 2 is 1.81 bits per heavy atom. The summed E-state index contributed by atoms with van der Waals surface area (Å²) in [6, 6.07) is 16.7. The number of nitrogens with one attached hydrogen (secondary N) is 1. The predicted molar refractivity (Wildman–Crippen MR) is 123 cm³/mol. The minimum Gasteiger partial charge on any atom is -0.466 e. The quantitative estimate of drug-likeness (QED) is 0.223. The third-order valence-corrected chi connectivity index (χ3v) is 5.51. The molecule has 32 heavy (non-hydrogen) atoms. The molecule has 1 N–H and O–H groups in total. The second-order valence-corrected chi connectivity index (χ2v) is 7.74. The van der Waals surface area contributed by atoms with Crippen LogP contribution in [0.5, 0.6) is 0 Å². The van der Waals surface area contributed by atoms with E-state index in [0.29, 0.717) is 13.2 Å². The lowest BCUT2D eigenvalue weighted by Gasteiger charge is -2.33. The molecule has 0 amide bonds. The SMILES string of the molecule is CCOC(=O)C1CCN(C(=NCc2ccc([N+](=O)[O-])cc2)NCCc2ccccc2)CC1. The number of ether oxygens (including phenoxy) is 1. The number of carbonyl (C=O) groups excluding carboxylic acids is 1. The molecule has 0 spiro atoms. The maximum absolute atomic E-state index is 12.1. The molecule has 1 fully saturated rings. The van der Waals surface area contributed by atoms with Crippen molar-refractivity contribution in [1.82, 2.24) is 10.2 Å². The third kappa shape index (κ3) is 6.80. The number of benzene rings is 2. The highest BCUT2D eigenvalue weighted by molar-refractivity contribution is 5.80. The topological polar surface area (TPSA) is 97.1 Å². The number of carbonyl (C=O) groups is 1. The highest BCUT2D eigenvalue weighted by atomic mass is 16.6. The van der Waals surface area contributed by atoms with Gasteiger partial charge in [0.05, 0.1) is 24.0 Å². The average Bonchev–Trinajstić information content (AvgIpc) is 2.82. The first kappa shape index (κ1) is 23.2. The zero-order valence-electron chi connectivity index (χ0n) is 18.4. The Labute approximate surface area is 188 Å². The maximum Gasteiger partial charge on any atom is 0.309 e. The molecule has 8 nitrogen and oxygen atoms in total. The van der Waals surface area contributed by atoms with Gasteiger partial charge < -0.3 is 15.0 Å². The average molecular weight is 439 g/mol. The summed E-state index contributed by atoms with van der Waals surface area (Å²) >= 11 is 0. The van der Waals surface area contributed by atoms with Gasteiger partial charge in [0, 0.05) is 31.8 Å². The molecule has 170 valence electrons. The Hall–Kier alpha value is -3.42. The zero-order valence-corrected chi connectivity index (χ0v) is 18.4. The van der Waals surface area contributed by atoms with Gasteiger partial charge in [-0.3, -0.25) is 14.9 Å². The normalized spacial score (nSPS) is 14.8. The van der Waals surface area contributed by atoms with Gasteiger partial charge in [0.1, 0.15) is 0 Å². The summed E-state index contributed by atoms with van der Waals surface area (Å²) < 4.78 is 5.17. The summed E-state index contributed by atoms with van der Waals surface area (Å²) in [5, 5.41) is 14.3. The fourth-order valence-corrected chi connectivity index (χ4v) is 3.71. The number of likely N-dealkylation sites (tertiary alicyclic amines) is 1. The third-order valence-electron chi connectivity index (χ3n) is 5.51. The number of piperidine rings is 1. The molecule has 0 radical (unpaired) electrons. The van der Waals surface area contributed by atoms with E-state index in [1.165, 1.54) is 17.7 Å². The summed E-state index contributed by atoms with van der Waals surface area (Å²) in [5.41, 5.74) is 2.22. The molecule has 8 heteroatoms. The van der Waals surface area contributed by atoms with Gasteiger partial charge in [-0.05, 0) is 37.3 Å². The van der Waals surface area contributed by atoms with Crippen molar-refractivity contribution >= 4 is 17.6 Å². The largest absolute Gasteiger partial charge is 0.466 e. The van der Waals surface area contributed by atoms with Crippen LogP contribution in [-0.2, 0) is 22.5 Å². The van der Waals surface area contributed by atoms with Crippen molar-refractivity contribution in [2.24, 2.45) is 10.9 Å². The van der Waals surface area contributed by atoms with Crippen LogP contribution >= 0.6 is 0 Å². The van der Waals surface area contributed by atoms with Crippen LogP contribution in [0.4, 0.5) is 5.69 Å². The van der Waals surface area contributed by atoms with Crippen molar-refractivity contribution in [3.05, 3.63) is 75.8 Å². The smallest absolute Gasteiger partial charge is 0.309 e. The number of non-ortho nitro benzene ring substituents is 1. The minimum atomic E-state index is -0.405. The molecule has 2 aromatic rings. The number of nitrogens with zero attached hydrogens (tertiary/aromatic N) is 3. The van der Waals surface area contributed by atoms with E-state index in [1.54, 1.807) is 12.1 Å². The fourth-order valence-electron chi connectivity index (χ4n) is 3.71. The van der Waals surface area contributed by atoms with Crippen molar-refractivity contribution in [3.8, 4) is 0 Å².